The van der Waals surface area contributed by atoms with E-state index in [1.807, 2.05) is 12.1 Å². The minimum absolute atomic E-state index is 0.0139. The maximum atomic E-state index is 9.11. The van der Waals surface area contributed by atoms with Gasteiger partial charge in [-0.25, -0.2) is 0 Å². The molecule has 1 fully saturated rings. The zero-order valence-corrected chi connectivity index (χ0v) is 18.4. The van der Waals surface area contributed by atoms with Crippen LogP contribution in [0.25, 0.3) is 6.08 Å². The van der Waals surface area contributed by atoms with Crippen molar-refractivity contribution in [3.63, 3.8) is 0 Å². The van der Waals surface area contributed by atoms with Gasteiger partial charge in [-0.2, -0.15) is 5.26 Å². The standard InChI is InChI=1S/C26H28N4O2/c1-19(13-20-5-3-2-4-6-20)16-29-9-11-30(12-10-29)17-25-23-18-31-24-14-21(15-27)7-8-22(24)26(23)28-32-25/h2-8,13-14,23,25H,9-12,16-18H2,1H3/b19-13+. The molecular formula is C26H28N4O2. The lowest BCUT2D eigenvalue weighted by atomic mass is 9.89. The summed E-state index contributed by atoms with van der Waals surface area (Å²) in [6.07, 6.45) is 2.29. The van der Waals surface area contributed by atoms with Crippen molar-refractivity contribution in [2.75, 3.05) is 45.9 Å². The molecule has 0 radical (unpaired) electrons. The number of hydrogen-bond donors (Lipinski definition) is 0. The third-order valence-electron chi connectivity index (χ3n) is 6.48. The van der Waals surface area contributed by atoms with Gasteiger partial charge >= 0.3 is 0 Å². The fourth-order valence-electron chi connectivity index (χ4n) is 4.76. The van der Waals surface area contributed by atoms with E-state index in [-0.39, 0.29) is 12.0 Å². The normalized spacial score (nSPS) is 23.4. The van der Waals surface area contributed by atoms with Gasteiger partial charge in [-0.3, -0.25) is 9.80 Å². The summed E-state index contributed by atoms with van der Waals surface area (Å²) < 4.78 is 5.96. The van der Waals surface area contributed by atoms with Crippen LogP contribution in [0.1, 0.15) is 23.6 Å². The molecule has 0 aliphatic carbocycles. The van der Waals surface area contributed by atoms with Crippen LogP contribution in [0.2, 0.25) is 0 Å². The van der Waals surface area contributed by atoms with Gasteiger partial charge < -0.3 is 9.57 Å². The molecule has 0 spiro atoms. The number of nitriles is 1. The topological polar surface area (TPSA) is 61.1 Å². The molecule has 0 bridgehead atoms. The molecule has 0 aromatic heterocycles. The quantitative estimate of drug-likeness (QED) is 0.731. The summed E-state index contributed by atoms with van der Waals surface area (Å²) >= 11 is 0. The highest BCUT2D eigenvalue weighted by atomic mass is 16.6. The number of nitrogens with zero attached hydrogens (tertiary/aromatic N) is 4. The number of ether oxygens (including phenoxy) is 1. The predicted molar refractivity (Wildman–Crippen MR) is 125 cm³/mol. The van der Waals surface area contributed by atoms with Crippen LogP contribution in [-0.2, 0) is 4.84 Å². The van der Waals surface area contributed by atoms with Gasteiger partial charge in [0.2, 0.25) is 0 Å². The number of hydrogen-bond acceptors (Lipinski definition) is 6. The maximum absolute atomic E-state index is 9.11. The Balaban J connectivity index is 1.13. The molecule has 6 nitrogen and oxygen atoms in total. The van der Waals surface area contributed by atoms with Gasteiger partial charge in [0.15, 0.2) is 6.10 Å². The minimum atomic E-state index is 0.0139. The molecule has 3 aliphatic heterocycles. The van der Waals surface area contributed by atoms with E-state index in [9.17, 15) is 0 Å². The summed E-state index contributed by atoms with van der Waals surface area (Å²) in [4.78, 5) is 10.9. The zero-order chi connectivity index (χ0) is 21.9. The van der Waals surface area contributed by atoms with Gasteiger partial charge in [-0.1, -0.05) is 47.1 Å². The molecule has 6 heteroatoms. The first-order valence-corrected chi connectivity index (χ1v) is 11.3. The Morgan fingerprint density at radius 1 is 1.12 bits per heavy atom. The van der Waals surface area contributed by atoms with Crippen LogP contribution < -0.4 is 4.74 Å². The summed E-state index contributed by atoms with van der Waals surface area (Å²) in [6.45, 7) is 8.81. The molecule has 2 atom stereocenters. The van der Waals surface area contributed by atoms with E-state index in [2.05, 4.69) is 64.4 Å². The zero-order valence-electron chi connectivity index (χ0n) is 18.4. The van der Waals surface area contributed by atoms with Crippen molar-refractivity contribution < 1.29 is 9.57 Å². The monoisotopic (exact) mass is 428 g/mol. The molecule has 2 aromatic rings. The van der Waals surface area contributed by atoms with Crippen molar-refractivity contribution in [1.29, 1.82) is 5.26 Å². The van der Waals surface area contributed by atoms with Crippen LogP contribution in [0.3, 0.4) is 0 Å². The van der Waals surface area contributed by atoms with Crippen molar-refractivity contribution >= 4 is 11.8 Å². The molecule has 2 aromatic carbocycles. The molecule has 1 saturated heterocycles. The third kappa shape index (κ3) is 4.40. The van der Waals surface area contributed by atoms with Gasteiger partial charge in [0.05, 0.1) is 17.6 Å². The smallest absolute Gasteiger partial charge is 0.151 e. The Morgan fingerprint density at radius 2 is 1.91 bits per heavy atom. The molecule has 0 amide bonds. The SMILES string of the molecule is C/C(=C\c1ccccc1)CN1CCN(CC2ON=C3c4ccc(C#N)cc4OCC32)CC1. The molecule has 164 valence electrons. The first-order valence-electron chi connectivity index (χ1n) is 11.3. The Bertz CT molecular complexity index is 1060. The third-order valence-corrected chi connectivity index (χ3v) is 6.48. The molecule has 3 heterocycles. The second kappa shape index (κ2) is 9.15. The molecule has 5 rings (SSSR count). The van der Waals surface area contributed by atoms with Gasteiger partial charge in [-0.15, -0.1) is 0 Å². The van der Waals surface area contributed by atoms with Crippen LogP contribution in [0.4, 0.5) is 0 Å². The number of oxime groups is 1. The Kier molecular flexibility index (Phi) is 5.93. The number of fused-ring (bicyclic) bond motifs is 3. The van der Waals surface area contributed by atoms with Crippen LogP contribution in [0, 0.1) is 17.2 Å². The van der Waals surface area contributed by atoms with Crippen LogP contribution >= 0.6 is 0 Å². The second-order valence-corrected chi connectivity index (χ2v) is 8.84. The van der Waals surface area contributed by atoms with Gasteiger partial charge in [0, 0.05) is 44.8 Å². The molecule has 3 aliphatic rings. The molecule has 2 unspecified atom stereocenters. The lowest BCUT2D eigenvalue weighted by Crippen LogP contribution is -2.50. The van der Waals surface area contributed by atoms with Crippen molar-refractivity contribution in [1.82, 2.24) is 9.80 Å². The predicted octanol–water partition coefficient (Wildman–Crippen LogP) is 3.39. The molecular weight excluding hydrogens is 400 g/mol. The maximum Gasteiger partial charge on any atom is 0.151 e. The van der Waals surface area contributed by atoms with Crippen LogP contribution in [-0.4, -0.2) is 67.5 Å². The summed E-state index contributed by atoms with van der Waals surface area (Å²) in [7, 11) is 0. The van der Waals surface area contributed by atoms with Crippen molar-refractivity contribution in [3.05, 3.63) is 70.8 Å². The fourth-order valence-corrected chi connectivity index (χ4v) is 4.76. The molecule has 0 saturated carbocycles. The van der Waals surface area contributed by atoms with E-state index in [0.29, 0.717) is 12.2 Å². The average Bonchev–Trinajstić information content (AvgIpc) is 3.23. The molecule has 0 N–H and O–H groups in total. The average molecular weight is 429 g/mol. The first-order chi connectivity index (χ1) is 15.7. The van der Waals surface area contributed by atoms with Gasteiger partial charge in [0.1, 0.15) is 18.1 Å². The Hall–Kier alpha value is -3.14. The summed E-state index contributed by atoms with van der Waals surface area (Å²) in [5.41, 5.74) is 5.16. The van der Waals surface area contributed by atoms with Crippen LogP contribution in [0.15, 0.2) is 59.3 Å². The Labute approximate surface area is 189 Å². The van der Waals surface area contributed by atoms with E-state index in [4.69, 9.17) is 14.8 Å². The van der Waals surface area contributed by atoms with Crippen molar-refractivity contribution in [2.24, 2.45) is 11.1 Å². The Morgan fingerprint density at radius 3 is 2.69 bits per heavy atom. The van der Waals surface area contributed by atoms with E-state index in [1.54, 1.807) is 6.07 Å². The summed E-state index contributed by atoms with van der Waals surface area (Å²) in [5.74, 6) is 0.875. The number of benzene rings is 2. The largest absolute Gasteiger partial charge is 0.492 e. The highest BCUT2D eigenvalue weighted by Gasteiger charge is 2.40. The van der Waals surface area contributed by atoms with E-state index >= 15 is 0 Å². The van der Waals surface area contributed by atoms with E-state index < -0.39 is 0 Å². The van der Waals surface area contributed by atoms with E-state index in [1.165, 1.54) is 11.1 Å². The van der Waals surface area contributed by atoms with E-state index in [0.717, 1.165) is 56.3 Å². The lowest BCUT2D eigenvalue weighted by Gasteiger charge is -2.36. The highest BCUT2D eigenvalue weighted by Crippen LogP contribution is 2.34. The second-order valence-electron chi connectivity index (χ2n) is 8.84. The highest BCUT2D eigenvalue weighted by molar-refractivity contribution is 6.06. The van der Waals surface area contributed by atoms with Gasteiger partial charge in [0.25, 0.3) is 0 Å². The lowest BCUT2D eigenvalue weighted by molar-refractivity contribution is 0.0101. The van der Waals surface area contributed by atoms with Crippen molar-refractivity contribution in [3.8, 4) is 11.8 Å². The minimum Gasteiger partial charge on any atom is -0.492 e. The molecule has 32 heavy (non-hydrogen) atoms. The summed E-state index contributed by atoms with van der Waals surface area (Å²) in [6, 6.07) is 18.2. The van der Waals surface area contributed by atoms with Crippen LogP contribution in [0.5, 0.6) is 5.75 Å². The fraction of sp³-hybridized carbons (Fsp3) is 0.385. The number of rotatable bonds is 5. The number of piperazine rings is 1. The first kappa shape index (κ1) is 20.7. The summed E-state index contributed by atoms with van der Waals surface area (Å²) in [5, 5.41) is 13.5. The van der Waals surface area contributed by atoms with Gasteiger partial charge in [-0.05, 0) is 30.7 Å². The van der Waals surface area contributed by atoms with Crippen molar-refractivity contribution in [2.45, 2.75) is 13.0 Å².